The van der Waals surface area contributed by atoms with Crippen molar-refractivity contribution in [2.24, 2.45) is 0 Å². The summed E-state index contributed by atoms with van der Waals surface area (Å²) in [6.45, 7) is 5.98. The van der Waals surface area contributed by atoms with Crippen LogP contribution >= 0.6 is 11.3 Å². The van der Waals surface area contributed by atoms with E-state index in [4.69, 9.17) is 4.74 Å². The molecule has 0 unspecified atom stereocenters. The van der Waals surface area contributed by atoms with E-state index in [0.717, 1.165) is 0 Å². The second kappa shape index (κ2) is 9.14. The van der Waals surface area contributed by atoms with Gasteiger partial charge in [0, 0.05) is 13.1 Å². The molecule has 3 N–H and O–H groups in total. The summed E-state index contributed by atoms with van der Waals surface area (Å²) in [5, 5.41) is 9.63. The summed E-state index contributed by atoms with van der Waals surface area (Å²) in [7, 11) is 0. The van der Waals surface area contributed by atoms with Gasteiger partial charge in [0.05, 0.1) is 11.4 Å². The third kappa shape index (κ3) is 8.82. The minimum atomic E-state index is -0.629. The zero-order valence-electron chi connectivity index (χ0n) is 13.6. The molecule has 1 aromatic rings. The van der Waals surface area contributed by atoms with Crippen molar-refractivity contribution in [3.63, 3.8) is 0 Å². The number of nitrogens with one attached hydrogen (secondary N) is 3. The van der Waals surface area contributed by atoms with E-state index in [0.29, 0.717) is 24.4 Å². The molecule has 0 spiro atoms. The predicted octanol–water partition coefficient (Wildman–Crippen LogP) is 1.51. The quantitative estimate of drug-likeness (QED) is 0.655. The largest absolute Gasteiger partial charge is 0.444 e. The maximum Gasteiger partial charge on any atom is 0.408 e. The molecule has 0 aliphatic heterocycles. The number of thiophene rings is 1. The number of ether oxygens (including phenoxy) is 1. The molecule has 1 rings (SSSR count). The molecule has 0 fully saturated rings. The highest BCUT2D eigenvalue weighted by Crippen LogP contribution is 2.07. The highest BCUT2D eigenvalue weighted by molar-refractivity contribution is 7.12. The molecule has 3 amide bonds. The molecule has 128 valence electrons. The zero-order valence-corrected chi connectivity index (χ0v) is 14.4. The molecule has 0 radical (unpaired) electrons. The Kier molecular flexibility index (Phi) is 7.53. The van der Waals surface area contributed by atoms with Crippen molar-refractivity contribution in [3.8, 4) is 0 Å². The van der Waals surface area contributed by atoms with Crippen LogP contribution in [-0.4, -0.2) is 43.1 Å². The van der Waals surface area contributed by atoms with Crippen molar-refractivity contribution in [1.82, 2.24) is 16.0 Å². The number of carbonyl (C=O) groups excluding carboxylic acids is 3. The number of alkyl carbamates (subject to hydrolysis) is 1. The molecule has 0 aromatic carbocycles. The first-order valence-electron chi connectivity index (χ1n) is 7.33. The molecule has 23 heavy (non-hydrogen) atoms. The third-order valence-electron chi connectivity index (χ3n) is 2.50. The second-order valence-electron chi connectivity index (χ2n) is 5.79. The molecule has 0 bridgehead atoms. The predicted molar refractivity (Wildman–Crippen MR) is 88.5 cm³/mol. The van der Waals surface area contributed by atoms with Crippen LogP contribution in [0, 0.1) is 0 Å². The zero-order chi connectivity index (χ0) is 17.3. The minimum absolute atomic E-state index is 0.113. The molecular weight excluding hydrogens is 318 g/mol. The number of carbonyl (C=O) groups is 3. The first-order valence-corrected chi connectivity index (χ1v) is 8.21. The van der Waals surface area contributed by atoms with Crippen molar-refractivity contribution in [3.05, 3.63) is 22.4 Å². The van der Waals surface area contributed by atoms with Crippen LogP contribution in [0.1, 0.15) is 36.9 Å². The Morgan fingerprint density at radius 1 is 1.13 bits per heavy atom. The Morgan fingerprint density at radius 3 is 2.43 bits per heavy atom. The summed E-state index contributed by atoms with van der Waals surface area (Å²) in [4.78, 5) is 35.2. The third-order valence-corrected chi connectivity index (χ3v) is 3.37. The van der Waals surface area contributed by atoms with Crippen LogP contribution in [0.2, 0.25) is 0 Å². The van der Waals surface area contributed by atoms with E-state index in [1.54, 1.807) is 26.8 Å². The van der Waals surface area contributed by atoms with Crippen molar-refractivity contribution in [2.45, 2.75) is 32.8 Å². The molecule has 0 saturated heterocycles. The number of rotatable bonds is 7. The van der Waals surface area contributed by atoms with Gasteiger partial charge in [-0.2, -0.15) is 0 Å². The van der Waals surface area contributed by atoms with Crippen LogP contribution in [-0.2, 0) is 9.53 Å². The Morgan fingerprint density at radius 2 is 1.83 bits per heavy atom. The molecule has 0 atom stereocenters. The number of amides is 3. The van der Waals surface area contributed by atoms with Gasteiger partial charge in [-0.05, 0) is 38.6 Å². The number of hydrogen-bond acceptors (Lipinski definition) is 5. The lowest BCUT2D eigenvalue weighted by Crippen LogP contribution is -2.40. The maximum absolute atomic E-state index is 11.6. The molecule has 8 heteroatoms. The van der Waals surface area contributed by atoms with Crippen LogP contribution in [0.25, 0.3) is 0 Å². The first-order chi connectivity index (χ1) is 10.8. The highest BCUT2D eigenvalue weighted by Gasteiger charge is 2.16. The van der Waals surface area contributed by atoms with E-state index >= 15 is 0 Å². The van der Waals surface area contributed by atoms with E-state index in [-0.39, 0.29) is 18.4 Å². The van der Waals surface area contributed by atoms with E-state index < -0.39 is 11.7 Å². The van der Waals surface area contributed by atoms with Crippen molar-refractivity contribution in [1.29, 1.82) is 0 Å². The summed E-state index contributed by atoms with van der Waals surface area (Å²) in [5.41, 5.74) is -0.596. The molecule has 0 aliphatic carbocycles. The van der Waals surface area contributed by atoms with Crippen LogP contribution in [0.4, 0.5) is 4.79 Å². The van der Waals surface area contributed by atoms with E-state index in [1.807, 2.05) is 11.4 Å². The van der Waals surface area contributed by atoms with Crippen LogP contribution in [0.3, 0.4) is 0 Å². The van der Waals surface area contributed by atoms with Gasteiger partial charge in [0.15, 0.2) is 0 Å². The fourth-order valence-corrected chi connectivity index (χ4v) is 2.18. The standard InChI is InChI=1S/C15H23N3O4S/c1-15(2,3)22-14(21)18-10-12(19)16-7-5-8-17-13(20)11-6-4-9-23-11/h4,6,9H,5,7-8,10H2,1-3H3,(H,16,19)(H,17,20)(H,18,21). The van der Waals surface area contributed by atoms with Gasteiger partial charge in [-0.15, -0.1) is 11.3 Å². The van der Waals surface area contributed by atoms with Gasteiger partial charge >= 0.3 is 6.09 Å². The molecule has 1 aromatic heterocycles. The van der Waals surface area contributed by atoms with Crippen LogP contribution < -0.4 is 16.0 Å². The summed E-state index contributed by atoms with van der Waals surface area (Å²) in [5.74, 6) is -0.418. The minimum Gasteiger partial charge on any atom is -0.444 e. The van der Waals surface area contributed by atoms with Gasteiger partial charge in [0.1, 0.15) is 5.60 Å². The van der Waals surface area contributed by atoms with Gasteiger partial charge < -0.3 is 20.7 Å². The van der Waals surface area contributed by atoms with E-state index in [1.165, 1.54) is 11.3 Å². The van der Waals surface area contributed by atoms with Crippen molar-refractivity contribution < 1.29 is 19.1 Å². The Hall–Kier alpha value is -2.09. The molecule has 0 saturated carbocycles. The summed E-state index contributed by atoms with van der Waals surface area (Å²) in [6.07, 6.45) is -0.0224. The molecule has 7 nitrogen and oxygen atoms in total. The Balaban J connectivity index is 2.06. The second-order valence-corrected chi connectivity index (χ2v) is 6.74. The summed E-state index contributed by atoms with van der Waals surface area (Å²) < 4.78 is 5.02. The maximum atomic E-state index is 11.6. The van der Waals surface area contributed by atoms with Crippen LogP contribution in [0.5, 0.6) is 0 Å². The highest BCUT2D eigenvalue weighted by atomic mass is 32.1. The van der Waals surface area contributed by atoms with Gasteiger partial charge in [-0.3, -0.25) is 9.59 Å². The average molecular weight is 341 g/mol. The van der Waals surface area contributed by atoms with Gasteiger partial charge in [0.2, 0.25) is 5.91 Å². The lowest BCUT2D eigenvalue weighted by molar-refractivity contribution is -0.120. The molecule has 0 aliphatic rings. The summed E-state index contributed by atoms with van der Waals surface area (Å²) in [6, 6.07) is 3.57. The van der Waals surface area contributed by atoms with Crippen molar-refractivity contribution >= 4 is 29.2 Å². The van der Waals surface area contributed by atoms with Gasteiger partial charge in [-0.25, -0.2) is 4.79 Å². The Bertz CT molecular complexity index is 523. The van der Waals surface area contributed by atoms with E-state index in [2.05, 4.69) is 16.0 Å². The Labute approximate surface area is 139 Å². The topological polar surface area (TPSA) is 96.5 Å². The molecular formula is C15H23N3O4S. The van der Waals surface area contributed by atoms with Gasteiger partial charge in [-0.1, -0.05) is 6.07 Å². The first kappa shape index (κ1) is 19.0. The lowest BCUT2D eigenvalue weighted by atomic mass is 10.2. The smallest absolute Gasteiger partial charge is 0.408 e. The molecule has 1 heterocycles. The monoisotopic (exact) mass is 341 g/mol. The van der Waals surface area contributed by atoms with E-state index in [9.17, 15) is 14.4 Å². The number of hydrogen-bond donors (Lipinski definition) is 3. The van der Waals surface area contributed by atoms with Gasteiger partial charge in [0.25, 0.3) is 5.91 Å². The van der Waals surface area contributed by atoms with Crippen LogP contribution in [0.15, 0.2) is 17.5 Å². The average Bonchev–Trinajstić information content (AvgIpc) is 2.97. The van der Waals surface area contributed by atoms with Crippen molar-refractivity contribution in [2.75, 3.05) is 19.6 Å². The SMILES string of the molecule is CC(C)(C)OC(=O)NCC(=O)NCCCNC(=O)c1cccs1. The normalized spacial score (nSPS) is 10.7. The fraction of sp³-hybridized carbons (Fsp3) is 0.533. The summed E-state index contributed by atoms with van der Waals surface area (Å²) >= 11 is 1.38. The lowest BCUT2D eigenvalue weighted by Gasteiger charge is -2.19. The fourth-order valence-electron chi connectivity index (χ4n) is 1.54.